The smallest absolute Gasteiger partial charge is 0.217 e. The summed E-state index contributed by atoms with van der Waals surface area (Å²) in [5, 5.41) is 5.06. The Hall–Kier alpha value is -2.32. The highest BCUT2D eigenvalue weighted by Gasteiger charge is 2.35. The Morgan fingerprint density at radius 2 is 2.14 bits per heavy atom. The topological polar surface area (TPSA) is 87.8 Å². The van der Waals surface area contributed by atoms with E-state index in [9.17, 15) is 4.79 Å². The van der Waals surface area contributed by atoms with Crippen molar-refractivity contribution in [2.24, 2.45) is 16.8 Å². The van der Waals surface area contributed by atoms with Crippen LogP contribution in [0.15, 0.2) is 23.0 Å². The van der Waals surface area contributed by atoms with E-state index in [0.29, 0.717) is 12.0 Å². The number of hydrogen-bond donors (Lipinski definition) is 4. The minimum atomic E-state index is 0.0898. The largest absolute Gasteiger partial charge is 0.352 e. The molecule has 150 valence electrons. The Bertz CT molecular complexity index is 805. The van der Waals surface area contributed by atoms with E-state index >= 15 is 0 Å². The number of amides is 1. The molecule has 0 radical (unpaired) electrons. The van der Waals surface area contributed by atoms with Crippen LogP contribution in [0.3, 0.4) is 0 Å². The van der Waals surface area contributed by atoms with Crippen LogP contribution in [0, 0.1) is 11.8 Å². The van der Waals surface area contributed by atoms with Crippen LogP contribution in [0.4, 0.5) is 5.82 Å². The van der Waals surface area contributed by atoms with Crippen LogP contribution in [0.5, 0.6) is 0 Å². The molecule has 1 aromatic heterocycles. The zero-order chi connectivity index (χ0) is 19.1. The monoisotopic (exact) mass is 383 g/mol. The van der Waals surface area contributed by atoms with Gasteiger partial charge in [0, 0.05) is 50.3 Å². The number of aromatic amines is 1. The van der Waals surface area contributed by atoms with Crippen molar-refractivity contribution in [1.82, 2.24) is 31.2 Å². The molecule has 0 spiro atoms. The molecule has 0 unspecified atom stereocenters. The summed E-state index contributed by atoms with van der Waals surface area (Å²) in [6, 6.07) is 2.44. The number of H-pyrrole nitrogens is 1. The lowest BCUT2D eigenvalue weighted by atomic mass is 9.79. The standard InChI is InChI=1S/C20H29N7O/c1-13(28)23-16-7-9-26(11-16)10-14-2-4-15(5-3-14)18-19-17-6-8-21-20(17)22-12-27(19)25-24-18/h6,8,12,14-16,21,24-25H,2-5,7,9-11H2,1H3,(H,23,28)/t14?,15?,16-/m1/s1. The van der Waals surface area contributed by atoms with Gasteiger partial charge in [-0.25, -0.2) is 10.0 Å². The summed E-state index contributed by atoms with van der Waals surface area (Å²) >= 11 is 0. The van der Waals surface area contributed by atoms with E-state index in [1.165, 1.54) is 49.2 Å². The summed E-state index contributed by atoms with van der Waals surface area (Å²) in [5.41, 5.74) is 10.3. The number of likely N-dealkylation sites (tertiary alicyclic amines) is 1. The molecule has 8 nitrogen and oxygen atoms in total. The number of carbonyl (C=O) groups excluding carboxylic acids is 1. The average molecular weight is 384 g/mol. The van der Waals surface area contributed by atoms with E-state index in [1.54, 1.807) is 6.92 Å². The first-order valence-corrected chi connectivity index (χ1v) is 10.4. The Kier molecular flexibility index (Phi) is 4.60. The van der Waals surface area contributed by atoms with Gasteiger partial charge in [-0.05, 0) is 44.1 Å². The molecule has 1 aliphatic carbocycles. The van der Waals surface area contributed by atoms with E-state index in [2.05, 4.69) is 37.2 Å². The molecule has 8 heteroatoms. The molecule has 28 heavy (non-hydrogen) atoms. The van der Waals surface area contributed by atoms with Crippen molar-refractivity contribution in [3.05, 3.63) is 23.5 Å². The molecule has 4 N–H and O–H groups in total. The third-order valence-electron chi connectivity index (χ3n) is 6.54. The Morgan fingerprint density at radius 3 is 2.96 bits per heavy atom. The molecule has 1 saturated carbocycles. The van der Waals surface area contributed by atoms with E-state index in [-0.39, 0.29) is 5.91 Å². The molecule has 1 aromatic rings. The van der Waals surface area contributed by atoms with Crippen molar-refractivity contribution < 1.29 is 4.79 Å². The molecule has 2 fully saturated rings. The molecule has 1 atom stereocenters. The maximum atomic E-state index is 11.3. The fraction of sp³-hybridized carbons (Fsp3) is 0.600. The molecule has 4 heterocycles. The van der Waals surface area contributed by atoms with Crippen LogP contribution in [0.2, 0.25) is 0 Å². The lowest BCUT2D eigenvalue weighted by Gasteiger charge is -2.32. The first-order chi connectivity index (χ1) is 13.7. The highest BCUT2D eigenvalue weighted by molar-refractivity contribution is 5.87. The molecule has 1 saturated heterocycles. The summed E-state index contributed by atoms with van der Waals surface area (Å²) in [5.74, 6) is 2.35. The number of fused-ring (bicyclic) bond motifs is 3. The fourth-order valence-electron chi connectivity index (χ4n) is 5.20. The maximum absolute atomic E-state index is 11.3. The van der Waals surface area contributed by atoms with Crippen molar-refractivity contribution in [3.63, 3.8) is 0 Å². The van der Waals surface area contributed by atoms with Crippen molar-refractivity contribution in [1.29, 1.82) is 0 Å². The third-order valence-corrected chi connectivity index (χ3v) is 6.54. The minimum Gasteiger partial charge on any atom is -0.352 e. The summed E-state index contributed by atoms with van der Waals surface area (Å²) in [7, 11) is 0. The highest BCUT2D eigenvalue weighted by atomic mass is 16.1. The van der Waals surface area contributed by atoms with Crippen LogP contribution < -0.4 is 16.3 Å². The van der Waals surface area contributed by atoms with Gasteiger partial charge >= 0.3 is 0 Å². The molecule has 5 rings (SSSR count). The first kappa shape index (κ1) is 17.8. The maximum Gasteiger partial charge on any atom is 0.217 e. The second-order valence-electron chi connectivity index (χ2n) is 8.52. The predicted octanol–water partition coefficient (Wildman–Crippen LogP) is 1.70. The summed E-state index contributed by atoms with van der Waals surface area (Å²) < 4.78 is 0. The second-order valence-corrected chi connectivity index (χ2v) is 8.52. The number of hydrazine groups is 2. The second kappa shape index (κ2) is 7.25. The molecular weight excluding hydrogens is 354 g/mol. The van der Waals surface area contributed by atoms with Gasteiger partial charge in [0.2, 0.25) is 5.91 Å². The summed E-state index contributed by atoms with van der Waals surface area (Å²) in [4.78, 5) is 21.5. The predicted molar refractivity (Wildman–Crippen MR) is 108 cm³/mol. The lowest BCUT2D eigenvalue weighted by molar-refractivity contribution is -0.119. The van der Waals surface area contributed by atoms with Crippen molar-refractivity contribution >= 4 is 23.8 Å². The summed E-state index contributed by atoms with van der Waals surface area (Å²) in [6.07, 6.45) is 9.82. The Morgan fingerprint density at radius 1 is 1.29 bits per heavy atom. The van der Waals surface area contributed by atoms with Crippen LogP contribution in [0.25, 0.3) is 5.70 Å². The van der Waals surface area contributed by atoms with E-state index in [0.717, 1.165) is 31.2 Å². The van der Waals surface area contributed by atoms with Crippen LogP contribution in [-0.4, -0.2) is 52.8 Å². The van der Waals surface area contributed by atoms with Crippen LogP contribution >= 0.6 is 0 Å². The molecule has 4 aliphatic rings. The van der Waals surface area contributed by atoms with Crippen LogP contribution in [0.1, 0.15) is 44.6 Å². The summed E-state index contributed by atoms with van der Waals surface area (Å²) in [6.45, 7) is 4.89. The first-order valence-electron chi connectivity index (χ1n) is 10.4. The van der Waals surface area contributed by atoms with Gasteiger partial charge < -0.3 is 20.6 Å². The van der Waals surface area contributed by atoms with Gasteiger partial charge in [0.1, 0.15) is 12.2 Å². The number of allylic oxidation sites excluding steroid dienone is 1. The number of nitrogens with zero attached hydrogens (tertiary/aromatic N) is 3. The Balaban J connectivity index is 1.19. The molecule has 1 amide bonds. The number of carbonyl (C=O) groups is 1. The quantitative estimate of drug-likeness (QED) is 0.636. The molecule has 0 aromatic carbocycles. The molecule has 3 aliphatic heterocycles. The molecule has 0 bridgehead atoms. The SMILES string of the molecule is CC(=O)N[C@@H]1CCN(CC2CCC(C3=C4c5cc[nH]c5N=CN4NN3)CC2)C1. The lowest BCUT2D eigenvalue weighted by Crippen LogP contribution is -2.38. The van der Waals surface area contributed by atoms with Crippen LogP contribution in [-0.2, 0) is 4.79 Å². The van der Waals surface area contributed by atoms with Crippen molar-refractivity contribution in [2.45, 2.75) is 45.1 Å². The van der Waals surface area contributed by atoms with E-state index in [4.69, 9.17) is 0 Å². The van der Waals surface area contributed by atoms with Gasteiger partial charge in [-0.15, -0.1) is 5.53 Å². The third kappa shape index (κ3) is 3.31. The fourth-order valence-corrected chi connectivity index (χ4v) is 5.20. The van der Waals surface area contributed by atoms with Gasteiger partial charge in [0.05, 0.1) is 11.4 Å². The number of hydrogen-bond acceptors (Lipinski definition) is 6. The highest BCUT2D eigenvalue weighted by Crippen LogP contribution is 2.40. The molecular formula is C20H29N7O. The van der Waals surface area contributed by atoms with Gasteiger partial charge in [-0.2, -0.15) is 0 Å². The van der Waals surface area contributed by atoms with Gasteiger partial charge in [-0.1, -0.05) is 0 Å². The minimum absolute atomic E-state index is 0.0898. The van der Waals surface area contributed by atoms with E-state index < -0.39 is 0 Å². The zero-order valence-electron chi connectivity index (χ0n) is 16.4. The number of rotatable bonds is 4. The van der Waals surface area contributed by atoms with Crippen molar-refractivity contribution in [3.8, 4) is 0 Å². The number of aromatic nitrogens is 1. The van der Waals surface area contributed by atoms with Gasteiger partial charge in [-0.3, -0.25) is 4.79 Å². The van der Waals surface area contributed by atoms with Gasteiger partial charge in [0.15, 0.2) is 0 Å². The number of nitrogens with one attached hydrogen (secondary N) is 4. The van der Waals surface area contributed by atoms with Gasteiger partial charge in [0.25, 0.3) is 0 Å². The van der Waals surface area contributed by atoms with E-state index in [1.807, 2.05) is 17.5 Å². The van der Waals surface area contributed by atoms with Crippen molar-refractivity contribution in [2.75, 3.05) is 19.6 Å². The average Bonchev–Trinajstić information content (AvgIpc) is 3.40. The number of aliphatic imine (C=N–C) groups is 1. The normalized spacial score (nSPS) is 29.6. The zero-order valence-corrected chi connectivity index (χ0v) is 16.4. The Labute approximate surface area is 165 Å².